The van der Waals surface area contributed by atoms with Gasteiger partial charge in [0.2, 0.25) is 0 Å². The molecule has 5 nitrogen and oxygen atoms in total. The zero-order valence-electron chi connectivity index (χ0n) is 10.2. The van der Waals surface area contributed by atoms with E-state index in [0.29, 0.717) is 22.3 Å². The Morgan fingerprint density at radius 1 is 1.26 bits per heavy atom. The van der Waals surface area contributed by atoms with Gasteiger partial charge in [0.25, 0.3) is 5.89 Å². The van der Waals surface area contributed by atoms with E-state index in [0.717, 1.165) is 26.1 Å². The van der Waals surface area contributed by atoms with E-state index in [4.69, 9.17) is 20.9 Å². The zero-order chi connectivity index (χ0) is 13.2. The van der Waals surface area contributed by atoms with Gasteiger partial charge in [-0.15, -0.1) is 0 Å². The quantitative estimate of drug-likeness (QED) is 0.916. The summed E-state index contributed by atoms with van der Waals surface area (Å²) in [6, 6.07) is 4.63. The Morgan fingerprint density at radius 3 is 2.84 bits per heavy atom. The van der Waals surface area contributed by atoms with Crippen molar-refractivity contribution < 1.29 is 14.4 Å². The van der Waals surface area contributed by atoms with Gasteiger partial charge in [-0.2, -0.15) is 4.98 Å². The van der Waals surface area contributed by atoms with Gasteiger partial charge in [-0.1, -0.05) is 16.8 Å². The fourth-order valence-corrected chi connectivity index (χ4v) is 2.34. The second-order valence-corrected chi connectivity index (χ2v) is 4.92. The number of hydrogen-bond acceptors (Lipinski definition) is 5. The second-order valence-electron chi connectivity index (χ2n) is 4.51. The number of phenols is 1. The van der Waals surface area contributed by atoms with Gasteiger partial charge < -0.3 is 14.4 Å². The molecule has 0 saturated carbocycles. The smallest absolute Gasteiger partial charge is 0.259 e. The highest BCUT2D eigenvalue weighted by atomic mass is 35.5. The van der Waals surface area contributed by atoms with Crippen molar-refractivity contribution in [2.45, 2.75) is 18.8 Å². The van der Waals surface area contributed by atoms with Gasteiger partial charge in [0.15, 0.2) is 5.82 Å². The molecule has 1 N–H and O–H groups in total. The second kappa shape index (κ2) is 5.19. The molecule has 3 rings (SSSR count). The number of nitrogens with zero attached hydrogens (tertiary/aromatic N) is 2. The van der Waals surface area contributed by atoms with Gasteiger partial charge in [0.05, 0.1) is 10.6 Å². The fraction of sp³-hybridized carbons (Fsp3) is 0.385. The van der Waals surface area contributed by atoms with Crippen LogP contribution in [0, 0.1) is 0 Å². The van der Waals surface area contributed by atoms with E-state index < -0.39 is 0 Å². The largest absolute Gasteiger partial charge is 0.508 e. The van der Waals surface area contributed by atoms with Gasteiger partial charge in [-0.25, -0.2) is 0 Å². The lowest BCUT2D eigenvalue weighted by molar-refractivity contribution is 0.0830. The Kier molecular flexibility index (Phi) is 3.40. The number of hydrogen-bond donors (Lipinski definition) is 1. The van der Waals surface area contributed by atoms with Crippen LogP contribution in [0.3, 0.4) is 0 Å². The molecule has 0 atom stereocenters. The van der Waals surface area contributed by atoms with Crippen LogP contribution in [0.2, 0.25) is 5.02 Å². The van der Waals surface area contributed by atoms with Crippen LogP contribution in [0.4, 0.5) is 0 Å². The van der Waals surface area contributed by atoms with Crippen LogP contribution in [0.15, 0.2) is 22.7 Å². The summed E-state index contributed by atoms with van der Waals surface area (Å²) in [5.74, 6) is 1.40. The van der Waals surface area contributed by atoms with Crippen LogP contribution >= 0.6 is 11.6 Å². The van der Waals surface area contributed by atoms with E-state index >= 15 is 0 Å². The molecule has 19 heavy (non-hydrogen) atoms. The molecule has 1 aromatic carbocycles. The maximum Gasteiger partial charge on any atom is 0.259 e. The topological polar surface area (TPSA) is 68.4 Å². The van der Waals surface area contributed by atoms with Gasteiger partial charge in [-0.05, 0) is 31.0 Å². The standard InChI is InChI=1S/C13H13ClN2O3/c14-11-2-1-9(17)7-10(11)13-15-12(16-19-13)8-3-5-18-6-4-8/h1-2,7-8,17H,3-6H2. The van der Waals surface area contributed by atoms with Crippen molar-refractivity contribution in [3.05, 3.63) is 29.0 Å². The summed E-state index contributed by atoms with van der Waals surface area (Å²) < 4.78 is 10.5. The zero-order valence-corrected chi connectivity index (χ0v) is 10.9. The number of benzene rings is 1. The van der Waals surface area contributed by atoms with Crippen LogP contribution in [-0.2, 0) is 4.74 Å². The lowest BCUT2D eigenvalue weighted by atomic mass is 10.00. The molecule has 0 unspecified atom stereocenters. The van der Waals surface area contributed by atoms with Gasteiger partial charge in [-0.3, -0.25) is 0 Å². The van der Waals surface area contributed by atoms with Crippen molar-refractivity contribution in [3.8, 4) is 17.2 Å². The third-order valence-electron chi connectivity index (χ3n) is 3.21. The minimum absolute atomic E-state index is 0.116. The first-order valence-corrected chi connectivity index (χ1v) is 6.52. The average Bonchev–Trinajstić information content (AvgIpc) is 2.92. The van der Waals surface area contributed by atoms with E-state index in [1.165, 1.54) is 12.1 Å². The van der Waals surface area contributed by atoms with Crippen molar-refractivity contribution in [2.24, 2.45) is 0 Å². The van der Waals surface area contributed by atoms with Crippen molar-refractivity contribution in [1.82, 2.24) is 10.1 Å². The van der Waals surface area contributed by atoms with Crippen LogP contribution in [0.25, 0.3) is 11.5 Å². The summed E-state index contributed by atoms with van der Waals surface area (Å²) in [6.07, 6.45) is 1.79. The molecule has 1 aliphatic rings. The van der Waals surface area contributed by atoms with Crippen LogP contribution in [-0.4, -0.2) is 28.5 Å². The lowest BCUT2D eigenvalue weighted by Crippen LogP contribution is -2.15. The fourth-order valence-electron chi connectivity index (χ4n) is 2.14. The SMILES string of the molecule is Oc1ccc(Cl)c(-c2nc(C3CCOCC3)no2)c1. The summed E-state index contributed by atoms with van der Waals surface area (Å²) in [4.78, 5) is 4.38. The van der Waals surface area contributed by atoms with Crippen molar-refractivity contribution in [1.29, 1.82) is 0 Å². The number of aromatic hydroxyl groups is 1. The molecule has 100 valence electrons. The molecule has 0 amide bonds. The molecule has 0 aliphatic carbocycles. The van der Waals surface area contributed by atoms with Crippen LogP contribution in [0.5, 0.6) is 5.75 Å². The maximum atomic E-state index is 9.49. The molecule has 0 spiro atoms. The third kappa shape index (κ3) is 2.57. The van der Waals surface area contributed by atoms with Crippen LogP contribution in [0.1, 0.15) is 24.6 Å². The number of phenolic OH excluding ortho intramolecular Hbond substituents is 1. The number of halogens is 1. The van der Waals surface area contributed by atoms with Crippen molar-refractivity contribution in [2.75, 3.05) is 13.2 Å². The Hall–Kier alpha value is -1.59. The van der Waals surface area contributed by atoms with Gasteiger partial charge in [0.1, 0.15) is 5.75 Å². The minimum atomic E-state index is 0.116. The van der Waals surface area contributed by atoms with Crippen LogP contribution < -0.4 is 0 Å². The van der Waals surface area contributed by atoms with Crippen molar-refractivity contribution >= 4 is 11.6 Å². The molecule has 0 radical (unpaired) electrons. The average molecular weight is 281 g/mol. The Balaban J connectivity index is 1.89. The molecular weight excluding hydrogens is 268 g/mol. The van der Waals surface area contributed by atoms with Gasteiger partial charge >= 0.3 is 0 Å². The molecule has 1 aromatic heterocycles. The molecule has 1 saturated heterocycles. The first-order chi connectivity index (χ1) is 9.24. The number of rotatable bonds is 2. The maximum absolute atomic E-state index is 9.49. The molecule has 2 heterocycles. The highest BCUT2D eigenvalue weighted by molar-refractivity contribution is 6.33. The summed E-state index contributed by atoms with van der Waals surface area (Å²) in [5.41, 5.74) is 0.549. The van der Waals surface area contributed by atoms with E-state index in [1.54, 1.807) is 6.07 Å². The molecular formula is C13H13ClN2O3. The normalized spacial score (nSPS) is 16.7. The monoisotopic (exact) mass is 280 g/mol. The summed E-state index contributed by atoms with van der Waals surface area (Å²) >= 11 is 6.07. The first kappa shape index (κ1) is 12.4. The molecule has 1 fully saturated rings. The first-order valence-electron chi connectivity index (χ1n) is 6.14. The highest BCUT2D eigenvalue weighted by Crippen LogP contribution is 2.32. The molecule has 6 heteroatoms. The predicted molar refractivity (Wildman–Crippen MR) is 69.2 cm³/mol. The Labute approximate surface area is 115 Å². The van der Waals surface area contributed by atoms with E-state index in [1.807, 2.05) is 0 Å². The Bertz CT molecular complexity index is 579. The molecule has 1 aliphatic heterocycles. The van der Waals surface area contributed by atoms with E-state index in [2.05, 4.69) is 10.1 Å². The van der Waals surface area contributed by atoms with E-state index in [9.17, 15) is 5.11 Å². The third-order valence-corrected chi connectivity index (χ3v) is 3.54. The molecule has 0 bridgehead atoms. The van der Waals surface area contributed by atoms with Gasteiger partial charge in [0, 0.05) is 19.1 Å². The summed E-state index contributed by atoms with van der Waals surface area (Å²) in [5, 5.41) is 14.0. The molecule has 2 aromatic rings. The minimum Gasteiger partial charge on any atom is -0.508 e. The number of aromatic nitrogens is 2. The van der Waals surface area contributed by atoms with Crippen molar-refractivity contribution in [3.63, 3.8) is 0 Å². The highest BCUT2D eigenvalue weighted by Gasteiger charge is 2.22. The summed E-state index contributed by atoms with van der Waals surface area (Å²) in [7, 11) is 0. The predicted octanol–water partition coefficient (Wildman–Crippen LogP) is 2.99. The number of ether oxygens (including phenoxy) is 1. The Morgan fingerprint density at radius 2 is 2.05 bits per heavy atom. The van der Waals surface area contributed by atoms with E-state index in [-0.39, 0.29) is 11.7 Å². The summed E-state index contributed by atoms with van der Waals surface area (Å²) in [6.45, 7) is 1.45. The lowest BCUT2D eigenvalue weighted by Gasteiger charge is -2.18.